The molecule has 138 valence electrons. The van der Waals surface area contributed by atoms with Crippen LogP contribution in [0, 0.1) is 0 Å². The molecule has 0 aromatic carbocycles. The lowest BCUT2D eigenvalue weighted by atomic mass is 10.1. The minimum Gasteiger partial charge on any atom is -0.343 e. The second-order valence-corrected chi connectivity index (χ2v) is 7.26. The Balaban J connectivity index is 1.62. The van der Waals surface area contributed by atoms with Gasteiger partial charge in [-0.15, -0.1) is 0 Å². The highest BCUT2D eigenvalue weighted by Gasteiger charge is 2.39. The van der Waals surface area contributed by atoms with Gasteiger partial charge in [-0.25, -0.2) is 9.50 Å². The molecule has 0 aliphatic carbocycles. The van der Waals surface area contributed by atoms with Crippen LogP contribution in [0.3, 0.4) is 0 Å². The second kappa shape index (κ2) is 6.31. The molecule has 4 rings (SSSR count). The van der Waals surface area contributed by atoms with Crippen LogP contribution in [-0.2, 0) is 4.79 Å². The Morgan fingerprint density at radius 2 is 2.00 bits per heavy atom. The lowest BCUT2D eigenvalue weighted by Crippen LogP contribution is -2.64. The average molecular weight is 357 g/mol. The predicted molar refractivity (Wildman–Crippen MR) is 93.8 cm³/mol. The van der Waals surface area contributed by atoms with E-state index in [9.17, 15) is 9.59 Å². The zero-order valence-electron chi connectivity index (χ0n) is 15.3. The Labute approximate surface area is 151 Å². The van der Waals surface area contributed by atoms with Crippen molar-refractivity contribution in [3.05, 3.63) is 23.8 Å². The molecule has 0 saturated carbocycles. The SMILES string of the molecule is CC(C)c1cc(C(=O)N2CCN3CCN(C)C(=O)[C@@H]3C2)nc2ncnn12. The first-order valence-corrected chi connectivity index (χ1v) is 8.94. The summed E-state index contributed by atoms with van der Waals surface area (Å²) in [5.41, 5.74) is 1.25. The van der Waals surface area contributed by atoms with E-state index in [-0.39, 0.29) is 23.8 Å². The number of nitrogens with zero attached hydrogens (tertiary/aromatic N) is 7. The van der Waals surface area contributed by atoms with Crippen LogP contribution in [0.25, 0.3) is 5.78 Å². The molecule has 0 N–H and O–H groups in total. The third-order valence-electron chi connectivity index (χ3n) is 5.25. The lowest BCUT2D eigenvalue weighted by Gasteiger charge is -2.45. The van der Waals surface area contributed by atoms with Gasteiger partial charge in [-0.2, -0.15) is 10.1 Å². The number of aromatic nitrogens is 4. The van der Waals surface area contributed by atoms with E-state index in [1.807, 2.05) is 20.9 Å². The molecule has 2 amide bonds. The van der Waals surface area contributed by atoms with Gasteiger partial charge in [-0.1, -0.05) is 13.8 Å². The Morgan fingerprint density at radius 3 is 2.77 bits per heavy atom. The third-order valence-corrected chi connectivity index (χ3v) is 5.25. The molecule has 2 saturated heterocycles. The van der Waals surface area contributed by atoms with Crippen LogP contribution in [0.5, 0.6) is 0 Å². The van der Waals surface area contributed by atoms with Gasteiger partial charge in [0.15, 0.2) is 0 Å². The van der Waals surface area contributed by atoms with E-state index in [0.717, 1.165) is 18.8 Å². The van der Waals surface area contributed by atoms with Crippen LogP contribution < -0.4 is 0 Å². The number of rotatable bonds is 2. The molecule has 2 aromatic rings. The topological polar surface area (TPSA) is 86.9 Å². The molecule has 1 atom stereocenters. The van der Waals surface area contributed by atoms with Gasteiger partial charge < -0.3 is 9.80 Å². The van der Waals surface area contributed by atoms with Crippen molar-refractivity contribution in [2.45, 2.75) is 25.8 Å². The van der Waals surface area contributed by atoms with Crippen molar-refractivity contribution in [1.29, 1.82) is 0 Å². The molecule has 2 fully saturated rings. The normalized spacial score (nSPS) is 21.5. The first-order valence-electron chi connectivity index (χ1n) is 8.94. The highest BCUT2D eigenvalue weighted by atomic mass is 16.2. The van der Waals surface area contributed by atoms with E-state index in [2.05, 4.69) is 20.0 Å². The molecule has 0 spiro atoms. The van der Waals surface area contributed by atoms with Gasteiger partial charge in [0, 0.05) is 39.8 Å². The zero-order chi connectivity index (χ0) is 18.4. The number of hydrogen-bond donors (Lipinski definition) is 0. The number of piperazine rings is 2. The second-order valence-electron chi connectivity index (χ2n) is 7.26. The minimum absolute atomic E-state index is 0.0810. The van der Waals surface area contributed by atoms with Gasteiger partial charge in [-0.3, -0.25) is 14.5 Å². The molecule has 26 heavy (non-hydrogen) atoms. The summed E-state index contributed by atoms with van der Waals surface area (Å²) in [6, 6.07) is 1.53. The maximum Gasteiger partial charge on any atom is 0.272 e. The zero-order valence-corrected chi connectivity index (χ0v) is 15.3. The fourth-order valence-corrected chi connectivity index (χ4v) is 3.67. The van der Waals surface area contributed by atoms with Crippen molar-refractivity contribution in [2.24, 2.45) is 0 Å². The summed E-state index contributed by atoms with van der Waals surface area (Å²) in [7, 11) is 1.82. The van der Waals surface area contributed by atoms with Crippen LogP contribution in [0.2, 0.25) is 0 Å². The Kier molecular flexibility index (Phi) is 4.10. The molecule has 4 heterocycles. The Hall–Kier alpha value is -2.55. The number of likely N-dealkylation sites (N-methyl/N-ethyl adjacent to an activating group) is 1. The van der Waals surface area contributed by atoms with E-state index < -0.39 is 0 Å². The standard InChI is InChI=1S/C17H23N7O2/c1-11(2)13-8-12(20-17-18-10-19-24(13)17)15(25)23-7-6-22-5-4-21(3)16(26)14(22)9-23/h8,10-11,14H,4-7,9H2,1-3H3/t14-/m0/s1. The third kappa shape index (κ3) is 2.72. The predicted octanol–water partition coefficient (Wildman–Crippen LogP) is -0.154. The lowest BCUT2D eigenvalue weighted by molar-refractivity contribution is -0.142. The summed E-state index contributed by atoms with van der Waals surface area (Å²) >= 11 is 0. The van der Waals surface area contributed by atoms with Crippen molar-refractivity contribution in [3.8, 4) is 0 Å². The fraction of sp³-hybridized carbons (Fsp3) is 0.588. The molecule has 0 unspecified atom stereocenters. The van der Waals surface area contributed by atoms with Gasteiger partial charge in [0.05, 0.1) is 5.69 Å². The molecule has 9 heteroatoms. The maximum atomic E-state index is 13.1. The number of hydrogen-bond acceptors (Lipinski definition) is 6. The average Bonchev–Trinajstić information content (AvgIpc) is 3.11. The molecule has 2 aromatic heterocycles. The smallest absolute Gasteiger partial charge is 0.272 e. The Bertz CT molecular complexity index is 862. The first kappa shape index (κ1) is 16.9. The summed E-state index contributed by atoms with van der Waals surface area (Å²) in [6.07, 6.45) is 1.44. The Morgan fingerprint density at radius 1 is 1.23 bits per heavy atom. The van der Waals surface area contributed by atoms with Gasteiger partial charge in [0.1, 0.15) is 18.1 Å². The van der Waals surface area contributed by atoms with Crippen molar-refractivity contribution in [2.75, 3.05) is 39.8 Å². The van der Waals surface area contributed by atoms with E-state index >= 15 is 0 Å². The molecule has 0 bridgehead atoms. The number of amides is 2. The van der Waals surface area contributed by atoms with Crippen LogP contribution in [0.15, 0.2) is 12.4 Å². The summed E-state index contributed by atoms with van der Waals surface area (Å²) in [5.74, 6) is 0.529. The number of carbonyl (C=O) groups is 2. The highest BCUT2D eigenvalue weighted by Crippen LogP contribution is 2.20. The van der Waals surface area contributed by atoms with Gasteiger partial charge in [0.2, 0.25) is 5.91 Å². The molecule has 9 nitrogen and oxygen atoms in total. The maximum absolute atomic E-state index is 13.1. The summed E-state index contributed by atoms with van der Waals surface area (Å²) in [6.45, 7) is 7.39. The van der Waals surface area contributed by atoms with Crippen molar-refractivity contribution in [1.82, 2.24) is 34.3 Å². The highest BCUT2D eigenvalue weighted by molar-refractivity contribution is 5.93. The van der Waals surface area contributed by atoms with Crippen molar-refractivity contribution < 1.29 is 9.59 Å². The van der Waals surface area contributed by atoms with E-state index in [4.69, 9.17) is 0 Å². The van der Waals surface area contributed by atoms with E-state index in [1.54, 1.807) is 20.4 Å². The quantitative estimate of drug-likeness (QED) is 0.743. The number of carbonyl (C=O) groups excluding carboxylic acids is 2. The molecular formula is C17H23N7O2. The van der Waals surface area contributed by atoms with Gasteiger partial charge in [-0.05, 0) is 12.0 Å². The monoisotopic (exact) mass is 357 g/mol. The molecule has 0 radical (unpaired) electrons. The van der Waals surface area contributed by atoms with Crippen molar-refractivity contribution in [3.63, 3.8) is 0 Å². The molecule has 2 aliphatic rings. The van der Waals surface area contributed by atoms with E-state index in [0.29, 0.717) is 31.1 Å². The molecule has 2 aliphatic heterocycles. The van der Waals surface area contributed by atoms with Crippen LogP contribution in [-0.4, -0.2) is 91.9 Å². The van der Waals surface area contributed by atoms with Crippen molar-refractivity contribution >= 4 is 17.6 Å². The van der Waals surface area contributed by atoms with Crippen LogP contribution >= 0.6 is 0 Å². The minimum atomic E-state index is -0.257. The molecular weight excluding hydrogens is 334 g/mol. The van der Waals surface area contributed by atoms with E-state index in [1.165, 1.54) is 6.33 Å². The van der Waals surface area contributed by atoms with Gasteiger partial charge >= 0.3 is 0 Å². The summed E-state index contributed by atoms with van der Waals surface area (Å²) in [4.78, 5) is 39.7. The van der Waals surface area contributed by atoms with Gasteiger partial charge in [0.25, 0.3) is 11.7 Å². The largest absolute Gasteiger partial charge is 0.343 e. The number of fused-ring (bicyclic) bond motifs is 2. The summed E-state index contributed by atoms with van der Waals surface area (Å²) in [5, 5.41) is 4.19. The fourth-order valence-electron chi connectivity index (χ4n) is 3.67. The first-order chi connectivity index (χ1) is 12.5. The summed E-state index contributed by atoms with van der Waals surface area (Å²) < 4.78 is 1.67. The van der Waals surface area contributed by atoms with Crippen LogP contribution in [0.4, 0.5) is 0 Å². The van der Waals surface area contributed by atoms with Crippen LogP contribution in [0.1, 0.15) is 35.9 Å².